The van der Waals surface area contributed by atoms with Crippen molar-refractivity contribution in [2.45, 2.75) is 6.18 Å². The number of carboxylic acid groups (broad SMARTS) is 1. The number of allylic oxidation sites excluding steroid dienone is 1. The summed E-state index contributed by atoms with van der Waals surface area (Å²) < 4.78 is 42.7. The monoisotopic (exact) mass is 246 g/mol. The molecule has 92 valence electrons. The molecular formula is C11H9F3O3. The van der Waals surface area contributed by atoms with Gasteiger partial charge in [-0.1, -0.05) is 12.1 Å². The van der Waals surface area contributed by atoms with Crippen molar-refractivity contribution in [2.75, 3.05) is 7.11 Å². The summed E-state index contributed by atoms with van der Waals surface area (Å²) >= 11 is 0. The quantitative estimate of drug-likeness (QED) is 0.834. The van der Waals surface area contributed by atoms with Crippen LogP contribution >= 0.6 is 0 Å². The lowest BCUT2D eigenvalue weighted by Gasteiger charge is -2.12. The van der Waals surface area contributed by atoms with Gasteiger partial charge < -0.3 is 9.84 Å². The molecule has 17 heavy (non-hydrogen) atoms. The minimum Gasteiger partial charge on any atom is -0.497 e. The van der Waals surface area contributed by atoms with Gasteiger partial charge in [-0.15, -0.1) is 0 Å². The minimum atomic E-state index is -4.73. The van der Waals surface area contributed by atoms with E-state index >= 15 is 0 Å². The van der Waals surface area contributed by atoms with Crippen LogP contribution < -0.4 is 4.74 Å². The second-order valence-corrected chi connectivity index (χ2v) is 3.13. The fourth-order valence-corrected chi connectivity index (χ4v) is 1.24. The predicted octanol–water partition coefficient (Wildman–Crippen LogP) is 2.73. The Labute approximate surface area is 95.1 Å². The van der Waals surface area contributed by atoms with Gasteiger partial charge in [-0.2, -0.15) is 13.2 Å². The first-order chi connectivity index (χ1) is 7.84. The second-order valence-electron chi connectivity index (χ2n) is 3.13. The summed E-state index contributed by atoms with van der Waals surface area (Å²) in [6.45, 7) is 0. The molecule has 0 unspecified atom stereocenters. The Balaban J connectivity index is 3.27. The van der Waals surface area contributed by atoms with Gasteiger partial charge in [0.15, 0.2) is 0 Å². The fraction of sp³-hybridized carbons (Fsp3) is 0.182. The summed E-state index contributed by atoms with van der Waals surface area (Å²) in [6.07, 6.45) is -4.60. The Morgan fingerprint density at radius 3 is 2.53 bits per heavy atom. The first-order valence-electron chi connectivity index (χ1n) is 4.51. The molecule has 0 heterocycles. The van der Waals surface area contributed by atoms with Crippen LogP contribution in [0, 0.1) is 0 Å². The molecule has 0 atom stereocenters. The van der Waals surface area contributed by atoms with Gasteiger partial charge in [0.1, 0.15) is 5.75 Å². The number of ether oxygens (including phenoxy) is 1. The molecule has 1 aromatic carbocycles. The third-order valence-electron chi connectivity index (χ3n) is 1.95. The van der Waals surface area contributed by atoms with Crippen LogP contribution in [0.1, 0.15) is 5.56 Å². The molecule has 1 rings (SSSR count). The molecule has 6 heteroatoms. The zero-order chi connectivity index (χ0) is 13.1. The van der Waals surface area contributed by atoms with E-state index in [2.05, 4.69) is 0 Å². The largest absolute Gasteiger partial charge is 0.497 e. The third kappa shape index (κ3) is 3.51. The van der Waals surface area contributed by atoms with Crippen LogP contribution in [-0.2, 0) is 4.79 Å². The van der Waals surface area contributed by atoms with Gasteiger partial charge in [0, 0.05) is 6.08 Å². The highest BCUT2D eigenvalue weighted by atomic mass is 19.4. The summed E-state index contributed by atoms with van der Waals surface area (Å²) in [6, 6.07) is 5.13. The molecule has 0 aliphatic rings. The van der Waals surface area contributed by atoms with Crippen LogP contribution in [0.25, 0.3) is 5.57 Å². The Bertz CT molecular complexity index is 450. The maximum Gasteiger partial charge on any atom is 0.417 e. The second kappa shape index (κ2) is 4.90. The summed E-state index contributed by atoms with van der Waals surface area (Å²) in [5, 5.41) is 8.43. The van der Waals surface area contributed by atoms with Gasteiger partial charge in [0.2, 0.25) is 0 Å². The molecule has 0 aromatic heterocycles. The number of alkyl halides is 3. The van der Waals surface area contributed by atoms with Crippen molar-refractivity contribution in [1.29, 1.82) is 0 Å². The van der Waals surface area contributed by atoms with Crippen molar-refractivity contribution in [3.8, 4) is 5.75 Å². The van der Waals surface area contributed by atoms with Gasteiger partial charge in [-0.05, 0) is 17.7 Å². The Kier molecular flexibility index (Phi) is 3.77. The smallest absolute Gasteiger partial charge is 0.417 e. The van der Waals surface area contributed by atoms with Gasteiger partial charge in [-0.25, -0.2) is 4.79 Å². The number of rotatable bonds is 3. The maximum atomic E-state index is 12.6. The van der Waals surface area contributed by atoms with Crippen LogP contribution in [0.15, 0.2) is 30.3 Å². The van der Waals surface area contributed by atoms with Crippen LogP contribution in [0.3, 0.4) is 0 Å². The molecule has 1 N–H and O–H groups in total. The van der Waals surface area contributed by atoms with E-state index in [4.69, 9.17) is 9.84 Å². The summed E-state index contributed by atoms with van der Waals surface area (Å²) in [5.41, 5.74) is -1.47. The first-order valence-corrected chi connectivity index (χ1v) is 4.51. The van der Waals surface area contributed by atoms with E-state index in [0.717, 1.165) is 6.07 Å². The van der Waals surface area contributed by atoms with E-state index < -0.39 is 17.7 Å². The lowest BCUT2D eigenvalue weighted by molar-refractivity contribution is -0.131. The van der Waals surface area contributed by atoms with E-state index in [0.29, 0.717) is 0 Å². The fourth-order valence-electron chi connectivity index (χ4n) is 1.24. The normalized spacial score (nSPS) is 12.4. The predicted molar refractivity (Wildman–Crippen MR) is 54.7 cm³/mol. The standard InChI is InChI=1S/C11H9F3O3/c1-17-8-4-2-3-7(5-8)9(6-10(15)16)11(12,13)14/h2-6H,1H3,(H,15,16)/b9-6-. The zero-order valence-corrected chi connectivity index (χ0v) is 8.78. The molecule has 0 fully saturated rings. The molecule has 0 saturated heterocycles. The van der Waals surface area contributed by atoms with Crippen molar-refractivity contribution in [3.63, 3.8) is 0 Å². The van der Waals surface area contributed by atoms with Gasteiger partial charge in [0.25, 0.3) is 0 Å². The highest BCUT2D eigenvalue weighted by Gasteiger charge is 2.35. The molecule has 0 saturated carbocycles. The van der Waals surface area contributed by atoms with Crippen LogP contribution in [-0.4, -0.2) is 24.4 Å². The molecule has 0 radical (unpaired) electrons. The zero-order valence-electron chi connectivity index (χ0n) is 8.78. The lowest BCUT2D eigenvalue weighted by Crippen LogP contribution is -2.12. The number of carboxylic acids is 1. The molecule has 1 aromatic rings. The highest BCUT2D eigenvalue weighted by Crippen LogP contribution is 2.34. The van der Waals surface area contributed by atoms with Crippen LogP contribution in [0.5, 0.6) is 5.75 Å². The van der Waals surface area contributed by atoms with E-state index in [1.807, 2.05) is 0 Å². The van der Waals surface area contributed by atoms with Crippen molar-refractivity contribution in [3.05, 3.63) is 35.9 Å². The van der Waals surface area contributed by atoms with E-state index in [-0.39, 0.29) is 17.4 Å². The van der Waals surface area contributed by atoms with Gasteiger partial charge >= 0.3 is 12.1 Å². The van der Waals surface area contributed by atoms with Crippen molar-refractivity contribution in [1.82, 2.24) is 0 Å². The minimum absolute atomic E-state index is 0.134. The molecule has 0 spiro atoms. The van der Waals surface area contributed by atoms with Crippen molar-refractivity contribution < 1.29 is 27.8 Å². The van der Waals surface area contributed by atoms with Gasteiger partial charge in [0.05, 0.1) is 12.7 Å². The Hall–Kier alpha value is -1.98. The number of hydrogen-bond acceptors (Lipinski definition) is 2. The molecule has 0 aliphatic heterocycles. The van der Waals surface area contributed by atoms with Crippen LogP contribution in [0.2, 0.25) is 0 Å². The first kappa shape index (κ1) is 13.1. The van der Waals surface area contributed by atoms with Crippen molar-refractivity contribution >= 4 is 11.5 Å². The lowest BCUT2D eigenvalue weighted by atomic mass is 10.0. The Morgan fingerprint density at radius 1 is 1.41 bits per heavy atom. The van der Waals surface area contributed by atoms with Crippen LogP contribution in [0.4, 0.5) is 13.2 Å². The van der Waals surface area contributed by atoms with E-state index in [1.165, 1.54) is 25.3 Å². The molecule has 0 amide bonds. The number of hydrogen-bond donors (Lipinski definition) is 1. The van der Waals surface area contributed by atoms with Gasteiger partial charge in [-0.3, -0.25) is 0 Å². The highest BCUT2D eigenvalue weighted by molar-refractivity contribution is 5.91. The molecule has 0 bridgehead atoms. The number of carbonyl (C=O) groups is 1. The number of benzene rings is 1. The average molecular weight is 246 g/mol. The summed E-state index contributed by atoms with van der Waals surface area (Å²) in [4.78, 5) is 10.4. The molecule has 0 aliphatic carbocycles. The average Bonchev–Trinajstić information content (AvgIpc) is 2.24. The molecular weight excluding hydrogens is 237 g/mol. The summed E-state index contributed by atoms with van der Waals surface area (Å²) in [5.74, 6) is -1.43. The topological polar surface area (TPSA) is 46.5 Å². The third-order valence-corrected chi connectivity index (χ3v) is 1.95. The SMILES string of the molecule is COc1cccc(/C(=C/C(=O)O)C(F)(F)F)c1. The Morgan fingerprint density at radius 2 is 2.06 bits per heavy atom. The van der Waals surface area contributed by atoms with E-state index in [9.17, 15) is 18.0 Å². The number of methoxy groups -OCH3 is 1. The van der Waals surface area contributed by atoms with Crippen molar-refractivity contribution in [2.24, 2.45) is 0 Å². The number of aliphatic carboxylic acids is 1. The summed E-state index contributed by atoms with van der Waals surface area (Å²) in [7, 11) is 1.31. The van der Waals surface area contributed by atoms with E-state index in [1.54, 1.807) is 0 Å². The maximum absolute atomic E-state index is 12.6. The number of halogens is 3. The molecule has 3 nitrogen and oxygen atoms in total.